The first kappa shape index (κ1) is 16.8. The molecule has 0 saturated carbocycles. The summed E-state index contributed by atoms with van der Waals surface area (Å²) in [6.45, 7) is 0.649. The lowest BCUT2D eigenvalue weighted by Crippen LogP contribution is -2.20. The number of fused-ring (bicyclic) bond motifs is 1. The molecule has 0 atom stereocenters. The quantitative estimate of drug-likeness (QED) is 0.708. The third-order valence-electron chi connectivity index (χ3n) is 4.07. The number of pyridine rings is 2. The summed E-state index contributed by atoms with van der Waals surface area (Å²) < 4.78 is 10.6. The fourth-order valence-electron chi connectivity index (χ4n) is 2.69. The molecule has 4 rings (SSSR count). The molecular formula is C21H17N3O3. The summed E-state index contributed by atoms with van der Waals surface area (Å²) in [5.41, 5.74) is 3.60. The predicted octanol–water partition coefficient (Wildman–Crippen LogP) is 3.20. The van der Waals surface area contributed by atoms with E-state index < -0.39 is 0 Å². The molecule has 1 N–H and O–H groups in total. The van der Waals surface area contributed by atoms with Crippen LogP contribution in [0.5, 0.6) is 11.5 Å². The van der Waals surface area contributed by atoms with Crippen molar-refractivity contribution in [2.24, 2.45) is 0 Å². The van der Waals surface area contributed by atoms with Gasteiger partial charge in [-0.25, -0.2) is 0 Å². The maximum absolute atomic E-state index is 12.1. The van der Waals surface area contributed by atoms with Crippen LogP contribution >= 0.6 is 0 Å². The number of carbonyl (C=O) groups is 1. The zero-order chi connectivity index (χ0) is 18.5. The van der Waals surface area contributed by atoms with E-state index in [1.807, 2.05) is 42.5 Å². The first-order valence-electron chi connectivity index (χ1n) is 8.49. The van der Waals surface area contributed by atoms with Gasteiger partial charge >= 0.3 is 0 Å². The number of amides is 1. The Hall–Kier alpha value is -3.67. The number of aromatic nitrogens is 2. The number of carbonyl (C=O) groups excluding carboxylic acids is 1. The second-order valence-corrected chi connectivity index (χ2v) is 5.95. The molecule has 3 heterocycles. The molecule has 3 aromatic rings. The molecule has 0 fully saturated rings. The maximum atomic E-state index is 12.1. The van der Waals surface area contributed by atoms with Gasteiger partial charge in [0, 0.05) is 36.8 Å². The van der Waals surface area contributed by atoms with E-state index in [1.54, 1.807) is 24.7 Å². The van der Waals surface area contributed by atoms with Crippen LogP contribution in [0.1, 0.15) is 11.1 Å². The molecule has 0 spiro atoms. The van der Waals surface area contributed by atoms with Crippen LogP contribution in [0.25, 0.3) is 17.3 Å². The Labute approximate surface area is 156 Å². The standard InChI is InChI=1S/C21H17N3O3/c25-21(6-4-15-3-5-19-20(11-15)27-14-26-19)24-12-16-7-9-23-18(10-16)17-2-1-8-22-13-17/h1-11,13H,12,14H2,(H,24,25)/b6-4+. The summed E-state index contributed by atoms with van der Waals surface area (Å²) >= 11 is 0. The topological polar surface area (TPSA) is 73.3 Å². The highest BCUT2D eigenvalue weighted by Crippen LogP contribution is 2.32. The average molecular weight is 359 g/mol. The Morgan fingerprint density at radius 2 is 2.04 bits per heavy atom. The number of nitrogens with zero attached hydrogens (tertiary/aromatic N) is 2. The second kappa shape index (κ2) is 7.70. The van der Waals surface area contributed by atoms with Gasteiger partial charge in [0.15, 0.2) is 11.5 Å². The van der Waals surface area contributed by atoms with Crippen molar-refractivity contribution in [2.45, 2.75) is 6.54 Å². The summed E-state index contributed by atoms with van der Waals surface area (Å²) in [6, 6.07) is 13.2. The van der Waals surface area contributed by atoms with Crippen molar-refractivity contribution in [1.29, 1.82) is 0 Å². The van der Waals surface area contributed by atoms with Gasteiger partial charge in [0.05, 0.1) is 5.69 Å². The number of benzene rings is 1. The smallest absolute Gasteiger partial charge is 0.244 e. The summed E-state index contributed by atoms with van der Waals surface area (Å²) in [7, 11) is 0. The van der Waals surface area contributed by atoms with E-state index in [1.165, 1.54) is 6.08 Å². The van der Waals surface area contributed by atoms with E-state index in [4.69, 9.17) is 9.47 Å². The lowest BCUT2D eigenvalue weighted by atomic mass is 10.1. The van der Waals surface area contributed by atoms with Crippen molar-refractivity contribution in [3.63, 3.8) is 0 Å². The summed E-state index contributed by atoms with van der Waals surface area (Å²) in [5, 5.41) is 2.88. The molecule has 0 radical (unpaired) electrons. The van der Waals surface area contributed by atoms with Gasteiger partial charge < -0.3 is 14.8 Å². The van der Waals surface area contributed by atoms with Crippen molar-refractivity contribution < 1.29 is 14.3 Å². The van der Waals surface area contributed by atoms with Gasteiger partial charge in [0.1, 0.15) is 0 Å². The van der Waals surface area contributed by atoms with Crippen molar-refractivity contribution in [2.75, 3.05) is 6.79 Å². The van der Waals surface area contributed by atoms with Crippen LogP contribution in [0.3, 0.4) is 0 Å². The second-order valence-electron chi connectivity index (χ2n) is 5.95. The molecule has 0 aliphatic carbocycles. The highest BCUT2D eigenvalue weighted by atomic mass is 16.7. The minimum Gasteiger partial charge on any atom is -0.454 e. The third kappa shape index (κ3) is 4.12. The average Bonchev–Trinajstić information content (AvgIpc) is 3.19. The molecule has 1 amide bonds. The van der Waals surface area contributed by atoms with E-state index >= 15 is 0 Å². The van der Waals surface area contributed by atoms with Crippen LogP contribution in [0.4, 0.5) is 0 Å². The molecule has 0 unspecified atom stereocenters. The van der Waals surface area contributed by atoms with E-state index in [0.717, 1.165) is 28.1 Å². The van der Waals surface area contributed by atoms with E-state index in [2.05, 4.69) is 15.3 Å². The van der Waals surface area contributed by atoms with Crippen LogP contribution in [-0.2, 0) is 11.3 Å². The summed E-state index contributed by atoms with van der Waals surface area (Å²) in [6.07, 6.45) is 8.46. The fourth-order valence-corrected chi connectivity index (χ4v) is 2.69. The van der Waals surface area contributed by atoms with Crippen LogP contribution in [0.15, 0.2) is 67.1 Å². The van der Waals surface area contributed by atoms with Gasteiger partial charge in [0.2, 0.25) is 12.7 Å². The SMILES string of the molecule is O=C(/C=C/c1ccc2c(c1)OCO2)NCc1ccnc(-c2cccnc2)c1. The lowest BCUT2D eigenvalue weighted by Gasteiger charge is -2.05. The molecular weight excluding hydrogens is 342 g/mol. The zero-order valence-electron chi connectivity index (χ0n) is 14.5. The minimum atomic E-state index is -0.174. The van der Waals surface area contributed by atoms with Crippen molar-refractivity contribution >= 4 is 12.0 Å². The molecule has 6 nitrogen and oxygen atoms in total. The first-order valence-corrected chi connectivity index (χ1v) is 8.49. The summed E-state index contributed by atoms with van der Waals surface area (Å²) in [4.78, 5) is 20.6. The lowest BCUT2D eigenvalue weighted by molar-refractivity contribution is -0.116. The van der Waals surface area contributed by atoms with Crippen LogP contribution < -0.4 is 14.8 Å². The Kier molecular flexibility index (Phi) is 4.78. The van der Waals surface area contributed by atoms with Crippen molar-refractivity contribution in [3.05, 3.63) is 78.3 Å². The normalized spacial score (nSPS) is 12.3. The largest absolute Gasteiger partial charge is 0.454 e. The monoisotopic (exact) mass is 359 g/mol. The maximum Gasteiger partial charge on any atom is 0.244 e. The molecule has 0 saturated heterocycles. The van der Waals surface area contributed by atoms with Gasteiger partial charge in [-0.1, -0.05) is 6.07 Å². The van der Waals surface area contributed by atoms with Crippen LogP contribution in [0.2, 0.25) is 0 Å². The number of hydrogen-bond donors (Lipinski definition) is 1. The molecule has 0 bridgehead atoms. The molecule has 1 aliphatic rings. The number of nitrogens with one attached hydrogen (secondary N) is 1. The van der Waals surface area contributed by atoms with Crippen molar-refractivity contribution in [1.82, 2.24) is 15.3 Å². The Balaban J connectivity index is 1.37. The van der Waals surface area contributed by atoms with Gasteiger partial charge in [0.25, 0.3) is 0 Å². The van der Waals surface area contributed by atoms with Gasteiger partial charge in [-0.15, -0.1) is 0 Å². The minimum absolute atomic E-state index is 0.174. The van der Waals surface area contributed by atoms with E-state index in [9.17, 15) is 4.79 Å². The number of hydrogen-bond acceptors (Lipinski definition) is 5. The number of rotatable bonds is 5. The third-order valence-corrected chi connectivity index (χ3v) is 4.07. The van der Waals surface area contributed by atoms with Gasteiger partial charge in [-0.3, -0.25) is 14.8 Å². The Bertz CT molecular complexity index is 987. The number of ether oxygens (including phenoxy) is 2. The molecule has 1 aromatic carbocycles. The predicted molar refractivity (Wildman–Crippen MR) is 101 cm³/mol. The summed E-state index contributed by atoms with van der Waals surface area (Å²) in [5.74, 6) is 1.24. The van der Waals surface area contributed by atoms with Crippen LogP contribution in [0, 0.1) is 0 Å². The molecule has 1 aliphatic heterocycles. The molecule has 2 aromatic heterocycles. The van der Waals surface area contributed by atoms with Gasteiger partial charge in [-0.05, 0) is 53.6 Å². The molecule has 134 valence electrons. The highest BCUT2D eigenvalue weighted by molar-refractivity contribution is 5.91. The molecule has 6 heteroatoms. The fraction of sp³-hybridized carbons (Fsp3) is 0.0952. The van der Waals surface area contributed by atoms with Crippen LogP contribution in [-0.4, -0.2) is 22.7 Å². The van der Waals surface area contributed by atoms with E-state index in [-0.39, 0.29) is 12.7 Å². The van der Waals surface area contributed by atoms with E-state index in [0.29, 0.717) is 12.3 Å². The van der Waals surface area contributed by atoms with Gasteiger partial charge in [-0.2, -0.15) is 0 Å². The zero-order valence-corrected chi connectivity index (χ0v) is 14.5. The molecule has 27 heavy (non-hydrogen) atoms. The Morgan fingerprint density at radius 3 is 2.93 bits per heavy atom. The Morgan fingerprint density at radius 1 is 1.11 bits per heavy atom. The van der Waals surface area contributed by atoms with Crippen molar-refractivity contribution in [3.8, 4) is 22.8 Å². The highest BCUT2D eigenvalue weighted by Gasteiger charge is 2.12. The first-order chi connectivity index (χ1) is 13.3.